The van der Waals surface area contributed by atoms with E-state index in [1.165, 1.54) is 0 Å². The molecule has 0 aliphatic carbocycles. The zero-order valence-corrected chi connectivity index (χ0v) is 15.1. The third kappa shape index (κ3) is 4.10. The monoisotopic (exact) mass is 346 g/mol. The average molecular weight is 346 g/mol. The summed E-state index contributed by atoms with van der Waals surface area (Å²) < 4.78 is 5.75. The second-order valence-electron chi connectivity index (χ2n) is 6.87. The minimum atomic E-state index is -0.0223. The van der Waals surface area contributed by atoms with Gasteiger partial charge in [0.2, 0.25) is 5.91 Å². The summed E-state index contributed by atoms with van der Waals surface area (Å²) in [6, 6.07) is 3.75. The van der Waals surface area contributed by atoms with Crippen molar-refractivity contribution in [2.24, 2.45) is 0 Å². The fraction of sp³-hybridized carbons (Fsp3) is 0.611. The summed E-state index contributed by atoms with van der Waals surface area (Å²) in [7, 11) is 0. The van der Waals surface area contributed by atoms with E-state index in [4.69, 9.17) is 4.74 Å². The third-order valence-electron chi connectivity index (χ3n) is 4.75. The molecule has 2 fully saturated rings. The highest BCUT2D eigenvalue weighted by atomic mass is 16.5. The number of rotatable bonds is 2. The van der Waals surface area contributed by atoms with Gasteiger partial charge in [-0.3, -0.25) is 9.59 Å². The summed E-state index contributed by atoms with van der Waals surface area (Å²) in [6.45, 7) is 9.61. The molecular weight excluding hydrogens is 320 g/mol. The van der Waals surface area contributed by atoms with E-state index in [9.17, 15) is 9.59 Å². The van der Waals surface area contributed by atoms with E-state index >= 15 is 0 Å². The predicted molar refractivity (Wildman–Crippen MR) is 94.6 cm³/mol. The molecule has 0 unspecified atom stereocenters. The number of pyridine rings is 1. The van der Waals surface area contributed by atoms with Crippen LogP contribution in [-0.2, 0) is 9.53 Å². The van der Waals surface area contributed by atoms with Gasteiger partial charge in [-0.15, -0.1) is 0 Å². The van der Waals surface area contributed by atoms with Crippen LogP contribution >= 0.6 is 0 Å². The molecule has 136 valence electrons. The zero-order valence-electron chi connectivity index (χ0n) is 15.1. The largest absolute Gasteiger partial charge is 0.372 e. The van der Waals surface area contributed by atoms with Gasteiger partial charge in [0.15, 0.2) is 0 Å². The van der Waals surface area contributed by atoms with Crippen LogP contribution in [-0.4, -0.2) is 78.1 Å². The SMILES string of the molecule is CC(=O)N1CCN(C(=O)c2ccc(N3C[C@@H](C)O[C@H](C)C3)nc2)CC1. The van der Waals surface area contributed by atoms with Crippen molar-refractivity contribution in [1.29, 1.82) is 0 Å². The first kappa shape index (κ1) is 17.7. The standard InChI is InChI=1S/C18H26N4O3/c1-13-11-22(12-14(2)25-13)17-5-4-16(10-19-17)18(24)21-8-6-20(7-9-21)15(3)23/h4-5,10,13-14H,6-9,11-12H2,1-3H3/t13-,14-/m1/s1. The second-order valence-corrected chi connectivity index (χ2v) is 6.87. The molecule has 0 aromatic carbocycles. The summed E-state index contributed by atoms with van der Waals surface area (Å²) in [6.07, 6.45) is 1.99. The van der Waals surface area contributed by atoms with E-state index in [1.54, 1.807) is 22.9 Å². The Bertz CT molecular complexity index is 616. The number of piperazine rings is 1. The van der Waals surface area contributed by atoms with Crippen molar-refractivity contribution < 1.29 is 14.3 Å². The van der Waals surface area contributed by atoms with Gasteiger partial charge in [0.1, 0.15) is 5.82 Å². The smallest absolute Gasteiger partial charge is 0.255 e. The summed E-state index contributed by atoms with van der Waals surface area (Å²) in [4.78, 5) is 34.2. The van der Waals surface area contributed by atoms with Gasteiger partial charge in [0.25, 0.3) is 5.91 Å². The molecule has 0 N–H and O–H groups in total. The summed E-state index contributed by atoms with van der Waals surface area (Å²) >= 11 is 0. The van der Waals surface area contributed by atoms with Crippen LogP contribution in [0.4, 0.5) is 5.82 Å². The fourth-order valence-electron chi connectivity index (χ4n) is 3.47. The Labute approximate surface area is 148 Å². The van der Waals surface area contributed by atoms with Crippen molar-refractivity contribution in [2.75, 3.05) is 44.2 Å². The van der Waals surface area contributed by atoms with E-state index in [0.717, 1.165) is 18.9 Å². The summed E-state index contributed by atoms with van der Waals surface area (Å²) in [5.41, 5.74) is 0.592. The van der Waals surface area contributed by atoms with Gasteiger partial charge in [-0.25, -0.2) is 4.98 Å². The van der Waals surface area contributed by atoms with Crippen molar-refractivity contribution >= 4 is 17.6 Å². The quantitative estimate of drug-likeness (QED) is 0.799. The second kappa shape index (κ2) is 7.39. The average Bonchev–Trinajstić information content (AvgIpc) is 2.60. The first-order chi connectivity index (χ1) is 11.9. The molecule has 2 aliphatic heterocycles. The van der Waals surface area contributed by atoms with Gasteiger partial charge < -0.3 is 19.4 Å². The van der Waals surface area contributed by atoms with Gasteiger partial charge >= 0.3 is 0 Å². The third-order valence-corrected chi connectivity index (χ3v) is 4.75. The number of carbonyl (C=O) groups excluding carboxylic acids is 2. The van der Waals surface area contributed by atoms with E-state index in [2.05, 4.69) is 23.7 Å². The van der Waals surface area contributed by atoms with Gasteiger partial charge in [-0.05, 0) is 26.0 Å². The normalized spacial score (nSPS) is 24.4. The molecule has 7 heteroatoms. The summed E-state index contributed by atoms with van der Waals surface area (Å²) in [5, 5.41) is 0. The molecule has 0 bridgehead atoms. The lowest BCUT2D eigenvalue weighted by molar-refractivity contribution is -0.130. The molecule has 2 amide bonds. The fourth-order valence-corrected chi connectivity index (χ4v) is 3.47. The van der Waals surface area contributed by atoms with Gasteiger partial charge in [-0.1, -0.05) is 0 Å². The highest BCUT2D eigenvalue weighted by molar-refractivity contribution is 5.94. The Morgan fingerprint density at radius 1 is 1.04 bits per heavy atom. The molecule has 2 saturated heterocycles. The van der Waals surface area contributed by atoms with E-state index in [0.29, 0.717) is 31.7 Å². The molecule has 3 rings (SSSR count). The summed E-state index contributed by atoms with van der Waals surface area (Å²) in [5.74, 6) is 0.915. The van der Waals surface area contributed by atoms with Crippen LogP contribution < -0.4 is 4.90 Å². The van der Waals surface area contributed by atoms with E-state index in [1.807, 2.05) is 12.1 Å². The maximum Gasteiger partial charge on any atom is 0.255 e. The Hall–Kier alpha value is -2.15. The number of anilines is 1. The molecule has 25 heavy (non-hydrogen) atoms. The maximum atomic E-state index is 12.6. The lowest BCUT2D eigenvalue weighted by Crippen LogP contribution is -2.50. The Balaban J connectivity index is 1.62. The molecular formula is C18H26N4O3. The minimum absolute atomic E-state index is 0.0223. The first-order valence-corrected chi connectivity index (χ1v) is 8.85. The molecule has 0 radical (unpaired) electrons. The number of nitrogens with zero attached hydrogens (tertiary/aromatic N) is 4. The highest BCUT2D eigenvalue weighted by Gasteiger charge is 2.25. The van der Waals surface area contributed by atoms with Gasteiger partial charge in [-0.2, -0.15) is 0 Å². The number of morpholine rings is 1. The van der Waals surface area contributed by atoms with Crippen LogP contribution in [0.25, 0.3) is 0 Å². The van der Waals surface area contributed by atoms with Crippen LogP contribution in [0.3, 0.4) is 0 Å². The highest BCUT2D eigenvalue weighted by Crippen LogP contribution is 2.19. The van der Waals surface area contributed by atoms with E-state index in [-0.39, 0.29) is 24.0 Å². The molecule has 7 nitrogen and oxygen atoms in total. The van der Waals surface area contributed by atoms with Crippen LogP contribution in [0.15, 0.2) is 18.3 Å². The first-order valence-electron chi connectivity index (χ1n) is 8.85. The predicted octanol–water partition coefficient (Wildman–Crippen LogP) is 1.000. The molecule has 0 spiro atoms. The van der Waals surface area contributed by atoms with E-state index < -0.39 is 0 Å². The molecule has 1 aromatic rings. The lowest BCUT2D eigenvalue weighted by atomic mass is 10.2. The number of amides is 2. The van der Waals surface area contributed by atoms with Crippen molar-refractivity contribution in [2.45, 2.75) is 33.0 Å². The minimum Gasteiger partial charge on any atom is -0.372 e. The van der Waals surface area contributed by atoms with Crippen LogP contribution in [0.5, 0.6) is 0 Å². The molecule has 0 saturated carbocycles. The molecule has 2 aliphatic rings. The van der Waals surface area contributed by atoms with Crippen LogP contribution in [0, 0.1) is 0 Å². The van der Waals surface area contributed by atoms with Crippen molar-refractivity contribution in [3.63, 3.8) is 0 Å². The number of hydrogen-bond acceptors (Lipinski definition) is 5. The van der Waals surface area contributed by atoms with Crippen molar-refractivity contribution in [1.82, 2.24) is 14.8 Å². The van der Waals surface area contributed by atoms with Crippen molar-refractivity contribution in [3.8, 4) is 0 Å². The lowest BCUT2D eigenvalue weighted by Gasteiger charge is -2.36. The Morgan fingerprint density at radius 3 is 2.16 bits per heavy atom. The molecule has 2 atom stereocenters. The Morgan fingerprint density at radius 2 is 1.64 bits per heavy atom. The number of hydrogen-bond donors (Lipinski definition) is 0. The van der Waals surface area contributed by atoms with Gasteiger partial charge in [0, 0.05) is 52.4 Å². The number of aromatic nitrogens is 1. The van der Waals surface area contributed by atoms with Crippen LogP contribution in [0.1, 0.15) is 31.1 Å². The topological polar surface area (TPSA) is 66.0 Å². The zero-order chi connectivity index (χ0) is 18.0. The van der Waals surface area contributed by atoms with Crippen LogP contribution in [0.2, 0.25) is 0 Å². The maximum absolute atomic E-state index is 12.6. The van der Waals surface area contributed by atoms with Gasteiger partial charge in [0.05, 0.1) is 17.8 Å². The number of ether oxygens (including phenoxy) is 1. The number of carbonyl (C=O) groups is 2. The molecule has 3 heterocycles. The Kier molecular flexibility index (Phi) is 5.22. The van der Waals surface area contributed by atoms with Crippen molar-refractivity contribution in [3.05, 3.63) is 23.9 Å². The molecule has 1 aromatic heterocycles.